The third-order valence-corrected chi connectivity index (χ3v) is 1.88. The minimum absolute atomic E-state index is 0.0591. The molecule has 16 heavy (non-hydrogen) atoms. The van der Waals surface area contributed by atoms with Crippen LogP contribution in [0.4, 0.5) is 0 Å². The van der Waals surface area contributed by atoms with Gasteiger partial charge in [0.2, 0.25) is 0 Å². The summed E-state index contributed by atoms with van der Waals surface area (Å²) >= 11 is 5.42. The van der Waals surface area contributed by atoms with E-state index in [0.717, 1.165) is 6.54 Å². The first kappa shape index (κ1) is 14.8. The summed E-state index contributed by atoms with van der Waals surface area (Å²) in [6.07, 6.45) is 1.42. The summed E-state index contributed by atoms with van der Waals surface area (Å²) in [4.78, 5) is 13.4. The van der Waals surface area contributed by atoms with Gasteiger partial charge >= 0.3 is 0 Å². The normalized spacial score (nSPS) is 11.1. The first-order valence-corrected chi connectivity index (χ1v) is 5.47. The smallest absolute Gasteiger partial charge is 0.263 e. The third-order valence-electron chi connectivity index (χ3n) is 1.69. The van der Waals surface area contributed by atoms with Crippen LogP contribution in [-0.4, -0.2) is 50.4 Å². The van der Waals surface area contributed by atoms with E-state index in [2.05, 4.69) is 10.6 Å². The molecule has 0 spiro atoms. The molecule has 1 amide bonds. The number of halogens is 1. The van der Waals surface area contributed by atoms with Crippen LogP contribution in [0.25, 0.3) is 0 Å². The van der Waals surface area contributed by atoms with Gasteiger partial charge in [-0.3, -0.25) is 4.79 Å². The van der Waals surface area contributed by atoms with Gasteiger partial charge in [0.05, 0.1) is 0 Å². The molecule has 0 bridgehead atoms. The molecule has 2 N–H and O–H groups in total. The van der Waals surface area contributed by atoms with E-state index < -0.39 is 5.91 Å². The Labute approximate surface area is 101 Å². The monoisotopic (exact) mass is 244 g/mol. The SMILES string of the molecule is CN(C)CCN/C=C(/C#N)C(=O)NCCCl. The molecule has 0 aromatic rings. The van der Waals surface area contributed by atoms with Gasteiger partial charge in [0, 0.05) is 31.7 Å². The Morgan fingerprint density at radius 1 is 1.50 bits per heavy atom. The highest BCUT2D eigenvalue weighted by molar-refractivity contribution is 6.18. The maximum Gasteiger partial charge on any atom is 0.263 e. The highest BCUT2D eigenvalue weighted by Crippen LogP contribution is 1.90. The number of alkyl halides is 1. The molecule has 0 unspecified atom stereocenters. The molecule has 0 aromatic carbocycles. The van der Waals surface area contributed by atoms with Crippen LogP contribution in [0.15, 0.2) is 11.8 Å². The molecule has 0 aliphatic heterocycles. The summed E-state index contributed by atoms with van der Waals surface area (Å²) in [5.41, 5.74) is 0.0591. The van der Waals surface area contributed by atoms with Crippen LogP contribution >= 0.6 is 11.6 Å². The van der Waals surface area contributed by atoms with Crippen LogP contribution in [0, 0.1) is 11.3 Å². The van der Waals surface area contributed by atoms with Gasteiger partial charge in [0.25, 0.3) is 5.91 Å². The lowest BCUT2D eigenvalue weighted by Gasteiger charge is -2.08. The Morgan fingerprint density at radius 3 is 2.69 bits per heavy atom. The van der Waals surface area contributed by atoms with Gasteiger partial charge in [0.1, 0.15) is 11.6 Å². The van der Waals surface area contributed by atoms with Gasteiger partial charge in [-0.1, -0.05) is 0 Å². The van der Waals surface area contributed by atoms with E-state index in [1.807, 2.05) is 25.1 Å². The molecule has 0 aliphatic carbocycles. The van der Waals surface area contributed by atoms with Gasteiger partial charge in [-0.25, -0.2) is 0 Å². The average Bonchev–Trinajstić information content (AvgIpc) is 2.25. The Balaban J connectivity index is 4.02. The zero-order valence-corrected chi connectivity index (χ0v) is 10.3. The van der Waals surface area contributed by atoms with Crippen molar-refractivity contribution in [2.75, 3.05) is 39.6 Å². The van der Waals surface area contributed by atoms with E-state index in [1.165, 1.54) is 6.20 Å². The molecule has 0 radical (unpaired) electrons. The number of carbonyl (C=O) groups is 1. The second-order valence-electron chi connectivity index (χ2n) is 3.37. The number of rotatable bonds is 7. The molecule has 0 aromatic heterocycles. The highest BCUT2D eigenvalue weighted by Gasteiger charge is 2.06. The second-order valence-corrected chi connectivity index (χ2v) is 3.75. The largest absolute Gasteiger partial charge is 0.388 e. The fraction of sp³-hybridized carbons (Fsp3) is 0.600. The number of carbonyl (C=O) groups excluding carboxylic acids is 1. The second kappa shape index (κ2) is 9.01. The van der Waals surface area contributed by atoms with Gasteiger partial charge in [-0.2, -0.15) is 5.26 Å². The lowest BCUT2D eigenvalue weighted by Crippen LogP contribution is -2.28. The molecule has 6 heteroatoms. The zero-order chi connectivity index (χ0) is 12.4. The van der Waals surface area contributed by atoms with Crippen molar-refractivity contribution < 1.29 is 4.79 Å². The molecule has 0 atom stereocenters. The first-order chi connectivity index (χ1) is 7.61. The highest BCUT2D eigenvalue weighted by atomic mass is 35.5. The van der Waals surface area contributed by atoms with Crippen molar-refractivity contribution >= 4 is 17.5 Å². The van der Waals surface area contributed by atoms with Crippen LogP contribution in [0.2, 0.25) is 0 Å². The van der Waals surface area contributed by atoms with Crippen molar-refractivity contribution in [2.45, 2.75) is 0 Å². The Morgan fingerprint density at radius 2 is 2.19 bits per heavy atom. The summed E-state index contributed by atoms with van der Waals surface area (Å²) in [6.45, 7) is 1.87. The van der Waals surface area contributed by atoms with Crippen LogP contribution in [-0.2, 0) is 4.79 Å². The Bertz CT molecular complexity index is 283. The maximum atomic E-state index is 11.4. The summed E-state index contributed by atoms with van der Waals surface area (Å²) in [5.74, 6) is -0.0705. The molecule has 0 heterocycles. The van der Waals surface area contributed by atoms with Crippen molar-refractivity contribution in [2.24, 2.45) is 0 Å². The van der Waals surface area contributed by atoms with E-state index in [1.54, 1.807) is 0 Å². The van der Waals surface area contributed by atoms with Crippen molar-refractivity contribution in [1.29, 1.82) is 5.26 Å². The number of amides is 1. The molecular weight excluding hydrogens is 228 g/mol. The van der Waals surface area contributed by atoms with E-state index in [0.29, 0.717) is 19.0 Å². The predicted octanol–water partition coefficient (Wildman–Crippen LogP) is -0.0999. The quantitative estimate of drug-likeness (QED) is 0.284. The number of nitrogens with zero attached hydrogens (tertiary/aromatic N) is 2. The number of hydrogen-bond donors (Lipinski definition) is 2. The maximum absolute atomic E-state index is 11.4. The minimum Gasteiger partial charge on any atom is -0.388 e. The van der Waals surface area contributed by atoms with Gasteiger partial charge in [0.15, 0.2) is 0 Å². The van der Waals surface area contributed by atoms with E-state index in [9.17, 15) is 4.79 Å². The Kier molecular flexibility index (Phi) is 8.31. The average molecular weight is 245 g/mol. The number of nitriles is 1. The molecule has 0 fully saturated rings. The van der Waals surface area contributed by atoms with E-state index >= 15 is 0 Å². The zero-order valence-electron chi connectivity index (χ0n) is 9.59. The van der Waals surface area contributed by atoms with Gasteiger partial charge in [-0.05, 0) is 14.1 Å². The van der Waals surface area contributed by atoms with E-state index in [4.69, 9.17) is 16.9 Å². The van der Waals surface area contributed by atoms with Crippen molar-refractivity contribution in [3.63, 3.8) is 0 Å². The van der Waals surface area contributed by atoms with Crippen LogP contribution in [0.3, 0.4) is 0 Å². The molecular formula is C10H17ClN4O. The van der Waals surface area contributed by atoms with Crippen molar-refractivity contribution in [3.8, 4) is 6.07 Å². The Hall–Kier alpha value is -1.25. The van der Waals surface area contributed by atoms with E-state index in [-0.39, 0.29) is 5.57 Å². The number of hydrogen-bond acceptors (Lipinski definition) is 4. The molecule has 0 saturated carbocycles. The molecule has 90 valence electrons. The minimum atomic E-state index is -0.402. The van der Waals surface area contributed by atoms with Gasteiger partial charge < -0.3 is 15.5 Å². The molecule has 5 nitrogen and oxygen atoms in total. The fourth-order valence-corrected chi connectivity index (χ4v) is 0.961. The number of likely N-dealkylation sites (N-methyl/N-ethyl adjacent to an activating group) is 1. The lowest BCUT2D eigenvalue weighted by atomic mass is 10.3. The third kappa shape index (κ3) is 7.10. The molecule has 0 aliphatic rings. The topological polar surface area (TPSA) is 68.2 Å². The van der Waals surface area contributed by atoms with Gasteiger partial charge in [-0.15, -0.1) is 11.6 Å². The summed E-state index contributed by atoms with van der Waals surface area (Å²) in [6, 6.07) is 1.83. The fourth-order valence-electron chi connectivity index (χ4n) is 0.867. The summed E-state index contributed by atoms with van der Waals surface area (Å²) in [5, 5.41) is 14.2. The summed E-state index contributed by atoms with van der Waals surface area (Å²) in [7, 11) is 3.90. The number of nitrogens with one attached hydrogen (secondary N) is 2. The molecule has 0 rings (SSSR count). The van der Waals surface area contributed by atoms with Crippen molar-refractivity contribution in [1.82, 2.24) is 15.5 Å². The van der Waals surface area contributed by atoms with Crippen molar-refractivity contribution in [3.05, 3.63) is 11.8 Å². The van der Waals surface area contributed by atoms with Crippen LogP contribution in [0.1, 0.15) is 0 Å². The van der Waals surface area contributed by atoms with Crippen LogP contribution in [0.5, 0.6) is 0 Å². The standard InChI is InChI=1S/C10H17ClN4O/c1-15(2)6-5-13-8-9(7-12)10(16)14-4-3-11/h8,13H,3-6H2,1-2H3,(H,14,16)/b9-8-. The summed E-state index contributed by atoms with van der Waals surface area (Å²) < 4.78 is 0. The predicted molar refractivity (Wildman–Crippen MR) is 64.0 cm³/mol. The van der Waals surface area contributed by atoms with Crippen LogP contribution < -0.4 is 10.6 Å². The lowest BCUT2D eigenvalue weighted by molar-refractivity contribution is -0.117. The molecule has 0 saturated heterocycles. The first-order valence-electron chi connectivity index (χ1n) is 4.94.